The first-order valence-electron chi connectivity index (χ1n) is 6.75. The van der Waals surface area contributed by atoms with Crippen LogP contribution >= 0.6 is 23.2 Å². The first kappa shape index (κ1) is 19.7. The third-order valence-corrected chi connectivity index (χ3v) is 4.20. The molecule has 0 aliphatic carbocycles. The number of benzene rings is 1. The van der Waals surface area contributed by atoms with Gasteiger partial charge in [0.25, 0.3) is 10.1 Å². The fourth-order valence-electron chi connectivity index (χ4n) is 1.53. The minimum Gasteiger partial charge on any atom is -0.282 e. The van der Waals surface area contributed by atoms with Gasteiger partial charge in [-0.05, 0) is 18.2 Å². The SMILES string of the molecule is CCCCCCCC.O=S(=O)(O)c1cc(Cl)ccc1Cl. The molecule has 0 unspecified atom stereocenters. The van der Waals surface area contributed by atoms with Crippen LogP contribution in [0.5, 0.6) is 0 Å². The molecule has 0 heterocycles. The second-order valence-electron chi connectivity index (χ2n) is 4.46. The van der Waals surface area contributed by atoms with Crippen molar-refractivity contribution in [2.75, 3.05) is 0 Å². The monoisotopic (exact) mass is 340 g/mol. The molecular formula is C14H22Cl2O3S. The van der Waals surface area contributed by atoms with E-state index in [-0.39, 0.29) is 14.9 Å². The summed E-state index contributed by atoms with van der Waals surface area (Å²) < 4.78 is 29.9. The Kier molecular flexibility index (Phi) is 10.3. The maximum absolute atomic E-state index is 10.6. The van der Waals surface area contributed by atoms with Crippen molar-refractivity contribution in [3.05, 3.63) is 28.2 Å². The van der Waals surface area contributed by atoms with Crippen LogP contribution in [0, 0.1) is 0 Å². The molecule has 6 heteroatoms. The number of unbranched alkanes of at least 4 members (excludes halogenated alkanes) is 5. The maximum atomic E-state index is 10.6. The highest BCUT2D eigenvalue weighted by molar-refractivity contribution is 7.86. The van der Waals surface area contributed by atoms with Gasteiger partial charge in [0.2, 0.25) is 0 Å². The van der Waals surface area contributed by atoms with Crippen molar-refractivity contribution in [3.8, 4) is 0 Å². The Labute approximate surface area is 132 Å². The van der Waals surface area contributed by atoms with Crippen LogP contribution in [0.25, 0.3) is 0 Å². The Bertz CT molecular complexity index is 481. The standard InChI is InChI=1S/C8H18.C6H4Cl2O3S/c1-3-5-7-8-6-4-2;7-4-1-2-5(8)6(3-4)12(9,10)11/h3-8H2,1-2H3;1-3H,(H,9,10,11). The topological polar surface area (TPSA) is 54.4 Å². The van der Waals surface area contributed by atoms with E-state index in [2.05, 4.69) is 13.8 Å². The van der Waals surface area contributed by atoms with E-state index in [9.17, 15) is 8.42 Å². The van der Waals surface area contributed by atoms with Crippen LogP contribution in [0.4, 0.5) is 0 Å². The predicted octanol–water partition coefficient (Wildman–Crippen LogP) is 5.61. The molecule has 0 aliphatic rings. The van der Waals surface area contributed by atoms with E-state index >= 15 is 0 Å². The minimum atomic E-state index is -4.27. The molecule has 0 aliphatic heterocycles. The highest BCUT2D eigenvalue weighted by Crippen LogP contribution is 2.24. The quantitative estimate of drug-likeness (QED) is 0.541. The van der Waals surface area contributed by atoms with Gasteiger partial charge in [-0.15, -0.1) is 0 Å². The average Bonchev–Trinajstić information content (AvgIpc) is 2.37. The van der Waals surface area contributed by atoms with Crippen molar-refractivity contribution in [2.45, 2.75) is 57.3 Å². The molecule has 0 amide bonds. The molecule has 0 radical (unpaired) electrons. The molecular weight excluding hydrogens is 319 g/mol. The summed E-state index contributed by atoms with van der Waals surface area (Å²) in [5.74, 6) is 0. The minimum absolute atomic E-state index is 0.0538. The zero-order valence-electron chi connectivity index (χ0n) is 11.9. The number of rotatable bonds is 6. The summed E-state index contributed by atoms with van der Waals surface area (Å²) in [6.07, 6.45) is 8.49. The van der Waals surface area contributed by atoms with Gasteiger partial charge in [0, 0.05) is 5.02 Å². The Hall–Kier alpha value is -0.290. The summed E-state index contributed by atoms with van der Waals surface area (Å²) in [5.41, 5.74) is 0. The van der Waals surface area contributed by atoms with Crippen LogP contribution in [-0.4, -0.2) is 13.0 Å². The van der Waals surface area contributed by atoms with Crippen molar-refractivity contribution < 1.29 is 13.0 Å². The highest BCUT2D eigenvalue weighted by atomic mass is 35.5. The van der Waals surface area contributed by atoms with Gasteiger partial charge in [-0.3, -0.25) is 4.55 Å². The van der Waals surface area contributed by atoms with E-state index in [4.69, 9.17) is 27.8 Å². The van der Waals surface area contributed by atoms with Gasteiger partial charge in [-0.25, -0.2) is 0 Å². The van der Waals surface area contributed by atoms with Crippen molar-refractivity contribution in [1.82, 2.24) is 0 Å². The molecule has 1 aromatic carbocycles. The first-order valence-corrected chi connectivity index (χ1v) is 8.95. The normalized spacial score (nSPS) is 10.8. The first-order chi connectivity index (χ1) is 9.32. The fraction of sp³-hybridized carbons (Fsp3) is 0.571. The lowest BCUT2D eigenvalue weighted by molar-refractivity contribution is 0.483. The molecule has 0 saturated heterocycles. The fourth-order valence-corrected chi connectivity index (χ4v) is 2.77. The van der Waals surface area contributed by atoms with E-state index < -0.39 is 10.1 Å². The summed E-state index contributed by atoms with van der Waals surface area (Å²) >= 11 is 11.0. The molecule has 0 saturated carbocycles. The predicted molar refractivity (Wildman–Crippen MR) is 85.3 cm³/mol. The van der Waals surface area contributed by atoms with Crippen molar-refractivity contribution in [1.29, 1.82) is 0 Å². The van der Waals surface area contributed by atoms with E-state index in [1.165, 1.54) is 50.7 Å². The summed E-state index contributed by atoms with van der Waals surface area (Å²) in [4.78, 5) is -0.378. The van der Waals surface area contributed by atoms with Crippen LogP contribution in [0.15, 0.2) is 23.1 Å². The summed E-state index contributed by atoms with van der Waals surface area (Å²) in [6.45, 7) is 4.51. The maximum Gasteiger partial charge on any atom is 0.296 e. The molecule has 20 heavy (non-hydrogen) atoms. The van der Waals surface area contributed by atoms with E-state index in [0.29, 0.717) is 0 Å². The third-order valence-electron chi connectivity index (χ3n) is 2.63. The van der Waals surface area contributed by atoms with E-state index in [0.717, 1.165) is 6.07 Å². The molecule has 1 N–H and O–H groups in total. The molecule has 0 atom stereocenters. The molecule has 0 fully saturated rings. The summed E-state index contributed by atoms with van der Waals surface area (Å²) in [6, 6.07) is 3.81. The zero-order chi connectivity index (χ0) is 15.6. The number of halogens is 2. The highest BCUT2D eigenvalue weighted by Gasteiger charge is 2.14. The molecule has 0 aromatic heterocycles. The lowest BCUT2D eigenvalue weighted by atomic mass is 10.1. The largest absolute Gasteiger partial charge is 0.296 e. The molecule has 116 valence electrons. The lowest BCUT2D eigenvalue weighted by Gasteiger charge is -1.99. The van der Waals surface area contributed by atoms with Crippen molar-refractivity contribution in [3.63, 3.8) is 0 Å². The van der Waals surface area contributed by atoms with Crippen molar-refractivity contribution >= 4 is 33.3 Å². The summed E-state index contributed by atoms with van der Waals surface area (Å²) in [7, 11) is -4.27. The number of hydrogen-bond acceptors (Lipinski definition) is 2. The molecule has 1 aromatic rings. The second kappa shape index (κ2) is 10.4. The van der Waals surface area contributed by atoms with Gasteiger partial charge >= 0.3 is 0 Å². The van der Waals surface area contributed by atoms with Crippen molar-refractivity contribution in [2.24, 2.45) is 0 Å². The smallest absolute Gasteiger partial charge is 0.282 e. The van der Waals surface area contributed by atoms with Crippen LogP contribution in [0.3, 0.4) is 0 Å². The zero-order valence-corrected chi connectivity index (χ0v) is 14.2. The Morgan fingerprint density at radius 2 is 1.50 bits per heavy atom. The molecule has 3 nitrogen and oxygen atoms in total. The van der Waals surface area contributed by atoms with Gasteiger partial charge in [-0.2, -0.15) is 8.42 Å². The van der Waals surface area contributed by atoms with Gasteiger partial charge in [0.15, 0.2) is 0 Å². The molecule has 0 bridgehead atoms. The Balaban J connectivity index is 0.000000396. The van der Waals surface area contributed by atoms with Gasteiger partial charge in [-0.1, -0.05) is 75.6 Å². The summed E-state index contributed by atoms with van der Waals surface area (Å²) in [5, 5.41) is 0.147. The molecule has 0 spiro atoms. The van der Waals surface area contributed by atoms with Crippen LogP contribution in [0.1, 0.15) is 52.4 Å². The Morgan fingerprint density at radius 1 is 1.00 bits per heavy atom. The van der Waals surface area contributed by atoms with Gasteiger partial charge in [0.1, 0.15) is 4.90 Å². The molecule has 1 rings (SSSR count). The Morgan fingerprint density at radius 3 is 1.85 bits per heavy atom. The van der Waals surface area contributed by atoms with Gasteiger partial charge < -0.3 is 0 Å². The van der Waals surface area contributed by atoms with Crippen LogP contribution in [-0.2, 0) is 10.1 Å². The van der Waals surface area contributed by atoms with E-state index in [1.54, 1.807) is 0 Å². The van der Waals surface area contributed by atoms with Crippen LogP contribution in [0.2, 0.25) is 10.0 Å². The second-order valence-corrected chi connectivity index (χ2v) is 6.70. The van der Waals surface area contributed by atoms with Crippen LogP contribution < -0.4 is 0 Å². The number of hydrogen-bond donors (Lipinski definition) is 1. The van der Waals surface area contributed by atoms with E-state index in [1.807, 2.05) is 0 Å². The lowest BCUT2D eigenvalue weighted by Crippen LogP contribution is -1.98. The third kappa shape index (κ3) is 8.80. The van der Waals surface area contributed by atoms with Gasteiger partial charge in [0.05, 0.1) is 5.02 Å². The average molecular weight is 341 g/mol.